The maximum atomic E-state index is 13.6. The molecule has 3 aromatic rings. The van der Waals surface area contributed by atoms with E-state index >= 15 is 0 Å². The number of carbonyl (C=O) groups is 1. The van der Waals surface area contributed by atoms with E-state index in [9.17, 15) is 4.79 Å². The molecular weight excluding hydrogens is 444 g/mol. The first-order valence-electron chi connectivity index (χ1n) is 9.49. The lowest BCUT2D eigenvalue weighted by atomic mass is 9.76. The Hall–Kier alpha value is -2.50. The van der Waals surface area contributed by atoms with Gasteiger partial charge >= 0.3 is 0 Å². The fourth-order valence-electron chi connectivity index (χ4n) is 3.61. The van der Waals surface area contributed by atoms with Gasteiger partial charge in [-0.25, -0.2) is 0 Å². The van der Waals surface area contributed by atoms with E-state index in [-0.39, 0.29) is 5.91 Å². The summed E-state index contributed by atoms with van der Waals surface area (Å²) in [4.78, 5) is 14.8. The fourth-order valence-corrected chi connectivity index (χ4v) is 4.85. The Morgan fingerprint density at radius 3 is 2.55 bits per heavy atom. The molecule has 0 unspecified atom stereocenters. The van der Waals surface area contributed by atoms with Gasteiger partial charge in [-0.1, -0.05) is 70.5 Å². The zero-order valence-corrected chi connectivity index (χ0v) is 18.5. The van der Waals surface area contributed by atoms with E-state index in [1.54, 1.807) is 16.3 Å². The second kappa shape index (κ2) is 8.47. The minimum atomic E-state index is -0.668. The van der Waals surface area contributed by atoms with E-state index in [2.05, 4.69) is 50.7 Å². The van der Waals surface area contributed by atoms with Gasteiger partial charge in [0.15, 0.2) is 0 Å². The molecule has 0 bridgehead atoms. The van der Waals surface area contributed by atoms with Crippen molar-refractivity contribution in [3.8, 4) is 0 Å². The van der Waals surface area contributed by atoms with Gasteiger partial charge in [0.25, 0.3) is 5.91 Å². The molecule has 0 radical (unpaired) electrons. The van der Waals surface area contributed by atoms with Crippen LogP contribution in [0, 0.1) is 5.41 Å². The third-order valence-corrected chi connectivity index (χ3v) is 6.87. The Morgan fingerprint density at radius 2 is 1.83 bits per heavy atom. The number of halogens is 1. The molecule has 1 amide bonds. The second-order valence-electron chi connectivity index (χ2n) is 7.10. The highest BCUT2D eigenvalue weighted by atomic mass is 79.9. The number of rotatable bonds is 6. The van der Waals surface area contributed by atoms with Crippen LogP contribution in [0.15, 0.2) is 87.8 Å². The van der Waals surface area contributed by atoms with Crippen LogP contribution >= 0.6 is 27.3 Å². The lowest BCUT2D eigenvalue weighted by molar-refractivity contribution is -0.123. The van der Waals surface area contributed by atoms with E-state index in [4.69, 9.17) is 0 Å². The van der Waals surface area contributed by atoms with Crippen LogP contribution in [-0.2, 0) is 11.2 Å². The molecule has 1 aliphatic rings. The third kappa shape index (κ3) is 3.98. The Labute approximate surface area is 183 Å². The Balaban J connectivity index is 1.67. The molecular formula is C24H21BrN2OS. The maximum absolute atomic E-state index is 13.6. The lowest BCUT2D eigenvalue weighted by Gasteiger charge is -2.26. The summed E-state index contributed by atoms with van der Waals surface area (Å²) in [6, 6.07) is 21.9. The van der Waals surface area contributed by atoms with Gasteiger partial charge in [-0.15, -0.1) is 11.3 Å². The average Bonchev–Trinajstić information content (AvgIpc) is 3.33. The van der Waals surface area contributed by atoms with Gasteiger partial charge in [-0.2, -0.15) is 10.1 Å². The van der Waals surface area contributed by atoms with E-state index in [1.165, 1.54) is 4.88 Å². The van der Waals surface area contributed by atoms with Gasteiger partial charge in [0.05, 0.1) is 16.8 Å². The lowest BCUT2D eigenvalue weighted by Crippen LogP contribution is -2.40. The highest BCUT2D eigenvalue weighted by molar-refractivity contribution is 9.10. The number of hydrogen-bond donors (Lipinski definition) is 0. The normalized spacial score (nSPS) is 19.2. The zero-order valence-electron chi connectivity index (χ0n) is 16.1. The number of anilines is 1. The Kier molecular flexibility index (Phi) is 5.79. The van der Waals surface area contributed by atoms with Crippen LogP contribution in [0.2, 0.25) is 0 Å². The van der Waals surface area contributed by atoms with Crippen LogP contribution in [0.5, 0.6) is 0 Å². The molecule has 0 saturated carbocycles. The predicted octanol–water partition coefficient (Wildman–Crippen LogP) is 6.57. The molecule has 0 aliphatic carbocycles. The molecule has 0 saturated heterocycles. The number of hydrazone groups is 1. The first-order chi connectivity index (χ1) is 14.1. The smallest absolute Gasteiger partial charge is 0.260 e. The summed E-state index contributed by atoms with van der Waals surface area (Å²) in [7, 11) is 0. The van der Waals surface area contributed by atoms with Crippen LogP contribution in [0.25, 0.3) is 6.08 Å². The van der Waals surface area contributed by atoms with Crippen molar-refractivity contribution < 1.29 is 4.79 Å². The maximum Gasteiger partial charge on any atom is 0.260 e. The van der Waals surface area contributed by atoms with Gasteiger partial charge < -0.3 is 0 Å². The number of carbonyl (C=O) groups excluding carboxylic acids is 1. The summed E-state index contributed by atoms with van der Waals surface area (Å²) in [5.41, 5.74) is 2.09. The summed E-state index contributed by atoms with van der Waals surface area (Å²) in [5, 5.41) is 8.30. The molecule has 29 heavy (non-hydrogen) atoms. The average molecular weight is 465 g/mol. The van der Waals surface area contributed by atoms with Crippen molar-refractivity contribution in [1.82, 2.24) is 0 Å². The molecule has 4 rings (SSSR count). The quantitative estimate of drug-likeness (QED) is 0.406. The largest absolute Gasteiger partial charge is 0.271 e. The summed E-state index contributed by atoms with van der Waals surface area (Å²) in [5.74, 6) is 0.0337. The second-order valence-corrected chi connectivity index (χ2v) is 8.99. The van der Waals surface area contributed by atoms with Crippen molar-refractivity contribution in [2.24, 2.45) is 10.5 Å². The van der Waals surface area contributed by atoms with Crippen LogP contribution < -0.4 is 5.01 Å². The van der Waals surface area contributed by atoms with Gasteiger partial charge in [-0.3, -0.25) is 4.79 Å². The van der Waals surface area contributed by atoms with E-state index in [0.29, 0.717) is 12.8 Å². The molecule has 5 heteroatoms. The Morgan fingerprint density at radius 1 is 1.07 bits per heavy atom. The molecule has 2 aromatic carbocycles. The zero-order chi connectivity index (χ0) is 20.3. The number of hydrogen-bond acceptors (Lipinski definition) is 3. The van der Waals surface area contributed by atoms with Crippen molar-refractivity contribution >= 4 is 50.6 Å². The molecule has 0 spiro atoms. The van der Waals surface area contributed by atoms with Crippen LogP contribution in [0.1, 0.15) is 23.8 Å². The monoisotopic (exact) mass is 464 g/mol. The third-order valence-electron chi connectivity index (χ3n) is 5.27. The number of nitrogens with zero attached hydrogens (tertiary/aromatic N) is 2. The van der Waals surface area contributed by atoms with Gasteiger partial charge in [-0.05, 0) is 48.6 Å². The number of para-hydroxylation sites is 1. The van der Waals surface area contributed by atoms with Crippen molar-refractivity contribution in [2.45, 2.75) is 19.8 Å². The van der Waals surface area contributed by atoms with E-state index in [1.807, 2.05) is 61.5 Å². The van der Waals surface area contributed by atoms with Gasteiger partial charge in [0.1, 0.15) is 0 Å². The van der Waals surface area contributed by atoms with Crippen LogP contribution in [-0.4, -0.2) is 11.6 Å². The highest BCUT2D eigenvalue weighted by Gasteiger charge is 2.48. The standard InChI is InChI=1S/C24H21BrN2OS/c1-18-24(17-21-13-8-16-29-21,15-7-10-19-9-5-6-14-22(19)25)23(28)27(26-18)20-11-3-2-4-12-20/h2-14,16H,15,17H2,1H3/b10-7+/t24-/m1/s1. The van der Waals surface area contributed by atoms with Crippen molar-refractivity contribution in [3.05, 3.63) is 93.1 Å². The number of amides is 1. The molecule has 3 nitrogen and oxygen atoms in total. The topological polar surface area (TPSA) is 32.7 Å². The highest BCUT2D eigenvalue weighted by Crippen LogP contribution is 2.40. The van der Waals surface area contributed by atoms with Gasteiger partial charge in [0.2, 0.25) is 0 Å². The van der Waals surface area contributed by atoms with Crippen molar-refractivity contribution in [3.63, 3.8) is 0 Å². The van der Waals surface area contributed by atoms with Crippen LogP contribution in [0.3, 0.4) is 0 Å². The van der Waals surface area contributed by atoms with Gasteiger partial charge in [0, 0.05) is 15.8 Å². The minimum absolute atomic E-state index is 0.0337. The summed E-state index contributed by atoms with van der Waals surface area (Å²) >= 11 is 5.27. The fraction of sp³-hybridized carbons (Fsp3) is 0.167. The first kappa shape index (κ1) is 19.8. The van der Waals surface area contributed by atoms with E-state index < -0.39 is 5.41 Å². The molecule has 146 valence electrons. The van der Waals surface area contributed by atoms with E-state index in [0.717, 1.165) is 21.4 Å². The first-order valence-corrected chi connectivity index (χ1v) is 11.2. The van der Waals surface area contributed by atoms with Crippen molar-refractivity contribution in [2.75, 3.05) is 5.01 Å². The number of benzene rings is 2. The molecule has 0 N–H and O–H groups in total. The summed E-state index contributed by atoms with van der Waals surface area (Å²) < 4.78 is 1.04. The SMILES string of the molecule is CC1=NN(c2ccccc2)C(=O)[C@]1(C/C=C/c1ccccc1Br)Cc1cccs1. The molecule has 1 aromatic heterocycles. The molecule has 1 atom stereocenters. The summed E-state index contributed by atoms with van der Waals surface area (Å²) in [6.45, 7) is 1.97. The molecule has 1 aliphatic heterocycles. The predicted molar refractivity (Wildman–Crippen MR) is 125 cm³/mol. The molecule has 0 fully saturated rings. The van der Waals surface area contributed by atoms with Crippen LogP contribution in [0.4, 0.5) is 5.69 Å². The number of allylic oxidation sites excluding steroid dienone is 1. The van der Waals surface area contributed by atoms with Crippen molar-refractivity contribution in [1.29, 1.82) is 0 Å². The minimum Gasteiger partial charge on any atom is -0.271 e. The summed E-state index contributed by atoms with van der Waals surface area (Å²) in [6.07, 6.45) is 5.43. The number of thiophene rings is 1. The molecule has 2 heterocycles. The Bertz CT molecular complexity index is 1060.